The van der Waals surface area contributed by atoms with Gasteiger partial charge in [0, 0.05) is 11.0 Å². The molecule has 0 amide bonds. The van der Waals surface area contributed by atoms with E-state index in [0.717, 1.165) is 18.3 Å². The SMILES string of the molecule is C=C(C)C(=O)OCC(=O)OC1C2CC3CC(C2)CC1(CC)C3. The topological polar surface area (TPSA) is 52.6 Å². The van der Waals surface area contributed by atoms with Crippen LogP contribution in [0.3, 0.4) is 0 Å². The molecule has 4 aliphatic rings. The van der Waals surface area contributed by atoms with Crippen LogP contribution < -0.4 is 0 Å². The largest absolute Gasteiger partial charge is 0.459 e. The summed E-state index contributed by atoms with van der Waals surface area (Å²) in [5.74, 6) is 1.21. The Kier molecular flexibility index (Phi) is 4.04. The van der Waals surface area contributed by atoms with Gasteiger partial charge in [0.1, 0.15) is 6.10 Å². The maximum absolute atomic E-state index is 12.1. The quantitative estimate of drug-likeness (QED) is 0.578. The first kappa shape index (κ1) is 15.6. The van der Waals surface area contributed by atoms with Gasteiger partial charge in [0.2, 0.25) is 0 Å². The maximum Gasteiger partial charge on any atom is 0.344 e. The van der Waals surface area contributed by atoms with Crippen LogP contribution in [0.5, 0.6) is 0 Å². The molecule has 3 atom stereocenters. The molecule has 0 aromatic carbocycles. The average molecular weight is 306 g/mol. The van der Waals surface area contributed by atoms with Gasteiger partial charge >= 0.3 is 11.9 Å². The lowest BCUT2D eigenvalue weighted by Gasteiger charge is -2.60. The molecule has 0 spiro atoms. The van der Waals surface area contributed by atoms with Crippen LogP contribution in [0, 0.1) is 23.2 Å². The normalized spacial score (nSPS) is 38.6. The van der Waals surface area contributed by atoms with E-state index in [1.165, 1.54) is 32.1 Å². The van der Waals surface area contributed by atoms with E-state index < -0.39 is 11.9 Å². The fraction of sp³-hybridized carbons (Fsp3) is 0.778. The molecule has 0 radical (unpaired) electrons. The standard InChI is InChI=1S/C18H26O4/c1-4-18-8-12-5-13(9-18)7-14(6-12)16(18)22-15(19)10-21-17(20)11(2)3/h12-14,16H,2,4-10H2,1,3H3. The molecule has 4 saturated carbocycles. The van der Waals surface area contributed by atoms with Crippen LogP contribution >= 0.6 is 0 Å². The lowest BCUT2D eigenvalue weighted by Crippen LogP contribution is -2.57. The van der Waals surface area contributed by atoms with Crippen molar-refractivity contribution in [2.45, 2.75) is 58.5 Å². The van der Waals surface area contributed by atoms with Crippen molar-refractivity contribution >= 4 is 11.9 Å². The lowest BCUT2D eigenvalue weighted by atomic mass is 9.47. The Balaban J connectivity index is 1.63. The molecule has 4 aliphatic carbocycles. The highest BCUT2D eigenvalue weighted by molar-refractivity contribution is 5.88. The van der Waals surface area contributed by atoms with Gasteiger partial charge in [0.15, 0.2) is 6.61 Å². The second-order valence-corrected chi connectivity index (χ2v) is 7.59. The van der Waals surface area contributed by atoms with Gasteiger partial charge in [-0.05, 0) is 63.2 Å². The van der Waals surface area contributed by atoms with Crippen LogP contribution in [0.4, 0.5) is 0 Å². The number of hydrogen-bond donors (Lipinski definition) is 0. The number of carbonyl (C=O) groups excluding carboxylic acids is 2. The first-order chi connectivity index (χ1) is 10.4. The Bertz CT molecular complexity index is 481. The predicted molar refractivity (Wildman–Crippen MR) is 81.9 cm³/mol. The van der Waals surface area contributed by atoms with Gasteiger partial charge in [-0.15, -0.1) is 0 Å². The Morgan fingerprint density at radius 1 is 1.18 bits per heavy atom. The monoisotopic (exact) mass is 306 g/mol. The fourth-order valence-corrected chi connectivity index (χ4v) is 5.30. The minimum Gasteiger partial charge on any atom is -0.459 e. The third kappa shape index (κ3) is 2.68. The Morgan fingerprint density at radius 3 is 2.36 bits per heavy atom. The molecule has 3 unspecified atom stereocenters. The second-order valence-electron chi connectivity index (χ2n) is 7.59. The number of rotatable bonds is 5. The number of ether oxygens (including phenoxy) is 2. The molecule has 4 nitrogen and oxygen atoms in total. The highest BCUT2D eigenvalue weighted by Crippen LogP contribution is 2.62. The van der Waals surface area contributed by atoms with Crippen LogP contribution in [-0.2, 0) is 19.1 Å². The number of esters is 2. The summed E-state index contributed by atoms with van der Waals surface area (Å²) in [6.45, 7) is 6.99. The molecule has 0 aliphatic heterocycles. The highest BCUT2D eigenvalue weighted by atomic mass is 16.6. The van der Waals surface area contributed by atoms with Gasteiger partial charge < -0.3 is 9.47 Å². The van der Waals surface area contributed by atoms with Crippen molar-refractivity contribution in [3.63, 3.8) is 0 Å². The summed E-state index contributed by atoms with van der Waals surface area (Å²) in [5, 5.41) is 0. The third-order valence-electron chi connectivity index (χ3n) is 5.99. The van der Waals surface area contributed by atoms with E-state index in [9.17, 15) is 9.59 Å². The molecule has 4 heteroatoms. The summed E-state index contributed by atoms with van der Waals surface area (Å²) in [6.07, 6.45) is 7.24. The van der Waals surface area contributed by atoms with Crippen molar-refractivity contribution in [1.29, 1.82) is 0 Å². The first-order valence-electron chi connectivity index (χ1n) is 8.45. The van der Waals surface area contributed by atoms with Crippen LogP contribution in [0.2, 0.25) is 0 Å². The van der Waals surface area contributed by atoms with E-state index >= 15 is 0 Å². The van der Waals surface area contributed by atoms with E-state index in [2.05, 4.69) is 13.5 Å². The van der Waals surface area contributed by atoms with Crippen molar-refractivity contribution < 1.29 is 19.1 Å². The smallest absolute Gasteiger partial charge is 0.344 e. The molecule has 0 N–H and O–H groups in total. The van der Waals surface area contributed by atoms with Gasteiger partial charge in [0.25, 0.3) is 0 Å². The summed E-state index contributed by atoms with van der Waals surface area (Å²) in [7, 11) is 0. The van der Waals surface area contributed by atoms with E-state index in [4.69, 9.17) is 9.47 Å². The van der Waals surface area contributed by atoms with Crippen molar-refractivity contribution in [3.05, 3.63) is 12.2 Å². The van der Waals surface area contributed by atoms with Gasteiger partial charge in [0.05, 0.1) is 0 Å². The first-order valence-corrected chi connectivity index (χ1v) is 8.45. The predicted octanol–water partition coefficient (Wildman–Crippen LogP) is 3.25. The Morgan fingerprint density at radius 2 is 1.82 bits per heavy atom. The van der Waals surface area contributed by atoms with E-state index in [-0.39, 0.29) is 18.1 Å². The van der Waals surface area contributed by atoms with Crippen molar-refractivity contribution in [3.8, 4) is 0 Å². The summed E-state index contributed by atoms with van der Waals surface area (Å²) < 4.78 is 10.7. The molecule has 4 rings (SSSR count). The lowest BCUT2D eigenvalue weighted by molar-refractivity contribution is -0.198. The Labute approximate surface area is 132 Å². The van der Waals surface area contributed by atoms with Gasteiger partial charge in [-0.1, -0.05) is 13.5 Å². The molecule has 0 aromatic heterocycles. The zero-order valence-electron chi connectivity index (χ0n) is 13.6. The van der Waals surface area contributed by atoms with Crippen LogP contribution in [-0.4, -0.2) is 24.6 Å². The molecular weight excluding hydrogens is 280 g/mol. The van der Waals surface area contributed by atoms with Gasteiger partial charge in [-0.3, -0.25) is 0 Å². The molecule has 4 fully saturated rings. The molecule has 4 bridgehead atoms. The van der Waals surface area contributed by atoms with Crippen LogP contribution in [0.25, 0.3) is 0 Å². The zero-order chi connectivity index (χ0) is 15.9. The third-order valence-corrected chi connectivity index (χ3v) is 5.99. The zero-order valence-corrected chi connectivity index (χ0v) is 13.6. The molecule has 0 heterocycles. The molecule has 0 aromatic rings. The second kappa shape index (κ2) is 5.71. The Hall–Kier alpha value is -1.32. The molecular formula is C18H26O4. The summed E-state index contributed by atoms with van der Waals surface area (Å²) >= 11 is 0. The van der Waals surface area contributed by atoms with Crippen molar-refractivity contribution in [2.75, 3.05) is 6.61 Å². The maximum atomic E-state index is 12.1. The summed E-state index contributed by atoms with van der Waals surface area (Å²) in [5.41, 5.74) is 0.468. The minimum atomic E-state index is -0.535. The number of hydrogen-bond acceptors (Lipinski definition) is 4. The molecule has 0 saturated heterocycles. The average Bonchev–Trinajstić information content (AvgIpc) is 2.47. The molecule has 122 valence electrons. The summed E-state index contributed by atoms with van der Waals surface area (Å²) in [6, 6.07) is 0. The van der Waals surface area contributed by atoms with Gasteiger partial charge in [-0.2, -0.15) is 0 Å². The minimum absolute atomic E-state index is 0.0151. The van der Waals surface area contributed by atoms with Crippen LogP contribution in [0.1, 0.15) is 52.4 Å². The van der Waals surface area contributed by atoms with Crippen LogP contribution in [0.15, 0.2) is 12.2 Å². The molecule has 22 heavy (non-hydrogen) atoms. The van der Waals surface area contributed by atoms with Crippen molar-refractivity contribution in [1.82, 2.24) is 0 Å². The van der Waals surface area contributed by atoms with Crippen molar-refractivity contribution in [2.24, 2.45) is 23.2 Å². The van der Waals surface area contributed by atoms with E-state index in [1.54, 1.807) is 6.92 Å². The number of carbonyl (C=O) groups is 2. The van der Waals surface area contributed by atoms with E-state index in [0.29, 0.717) is 11.5 Å². The van der Waals surface area contributed by atoms with Gasteiger partial charge in [-0.25, -0.2) is 9.59 Å². The van der Waals surface area contributed by atoms with E-state index in [1.807, 2.05) is 0 Å². The fourth-order valence-electron chi connectivity index (χ4n) is 5.30. The highest BCUT2D eigenvalue weighted by Gasteiger charge is 2.57. The summed E-state index contributed by atoms with van der Waals surface area (Å²) in [4.78, 5) is 23.5.